The van der Waals surface area contributed by atoms with Crippen molar-refractivity contribution in [3.63, 3.8) is 0 Å². The van der Waals surface area contributed by atoms with Crippen LogP contribution in [-0.4, -0.2) is 43.8 Å². The molecule has 3 aromatic rings. The molecular formula is C21H23F2N6NaO4. The van der Waals surface area contributed by atoms with Gasteiger partial charge < -0.3 is 24.8 Å². The number of nitrogens with zero attached hydrogens (tertiary/aromatic N) is 5. The molecule has 176 valence electrons. The Bertz CT molecular complexity index is 1150. The van der Waals surface area contributed by atoms with Gasteiger partial charge in [0.05, 0.1) is 30.9 Å². The predicted octanol–water partition coefficient (Wildman–Crippen LogP) is -0.824. The number of hydrogen-bond donors (Lipinski definition) is 1. The number of pyridine rings is 1. The Kier molecular flexibility index (Phi) is 10.6. The molecule has 0 spiro atoms. The van der Waals surface area contributed by atoms with Crippen LogP contribution in [0.1, 0.15) is 25.7 Å². The number of ether oxygens (including phenoxy) is 2. The Morgan fingerprint density at radius 2 is 1.82 bits per heavy atom. The molecule has 0 unspecified atom stereocenters. The fourth-order valence-corrected chi connectivity index (χ4v) is 3.31. The number of aromatic nitrogens is 5. The molecule has 1 saturated carbocycles. The first-order valence-electron chi connectivity index (χ1n) is 10.1. The van der Waals surface area contributed by atoms with Crippen LogP contribution < -0.4 is 55.6 Å². The van der Waals surface area contributed by atoms with Gasteiger partial charge in [0.25, 0.3) is 0 Å². The zero-order valence-corrected chi connectivity index (χ0v) is 21.1. The van der Waals surface area contributed by atoms with Crippen molar-refractivity contribution in [2.45, 2.75) is 38.3 Å². The van der Waals surface area contributed by atoms with Crippen molar-refractivity contribution in [3.8, 4) is 17.2 Å². The van der Waals surface area contributed by atoms with Crippen molar-refractivity contribution in [1.29, 1.82) is 0 Å². The number of methoxy groups -OCH3 is 1. The van der Waals surface area contributed by atoms with Gasteiger partial charge in [-0.15, -0.1) is 0 Å². The van der Waals surface area contributed by atoms with E-state index in [2.05, 4.69) is 31.3 Å². The number of nitrogens with one attached hydrogen (secondary N) is 1. The van der Waals surface area contributed by atoms with Crippen molar-refractivity contribution in [2.24, 2.45) is 7.05 Å². The van der Waals surface area contributed by atoms with Crippen molar-refractivity contribution < 1.29 is 47.8 Å². The summed E-state index contributed by atoms with van der Waals surface area (Å²) in [5.74, 6) is 0.808. The maximum atomic E-state index is 12.3. The number of rotatable bonds is 6. The molecule has 3 heterocycles. The SMILES string of the molecule is COc1cn(C)c(=O)n(-c2ccc(NC3CCCC3)nc2)c1=O.FC(F)Oc1cn[c-]nc1.[Na+]. The van der Waals surface area contributed by atoms with Gasteiger partial charge in [-0.2, -0.15) is 8.78 Å². The number of anilines is 1. The van der Waals surface area contributed by atoms with Crippen molar-refractivity contribution >= 4 is 5.82 Å². The third-order valence-electron chi connectivity index (χ3n) is 4.88. The normalized spacial score (nSPS) is 13.0. The maximum absolute atomic E-state index is 12.3. The topological polar surface area (TPSA) is 113 Å². The molecule has 4 rings (SSSR count). The van der Waals surface area contributed by atoms with E-state index in [1.165, 1.54) is 36.9 Å². The molecule has 0 aromatic carbocycles. The van der Waals surface area contributed by atoms with Gasteiger partial charge in [-0.25, -0.2) is 14.3 Å². The van der Waals surface area contributed by atoms with Crippen LogP contribution in [0.3, 0.4) is 0 Å². The smallest absolute Gasteiger partial charge is 0.490 e. The molecule has 0 atom stereocenters. The molecule has 0 bridgehead atoms. The van der Waals surface area contributed by atoms with E-state index in [0.717, 1.165) is 35.6 Å². The second-order valence-electron chi connectivity index (χ2n) is 7.16. The molecule has 0 amide bonds. The van der Waals surface area contributed by atoms with Gasteiger partial charge in [0.15, 0.2) is 0 Å². The molecule has 13 heteroatoms. The number of aryl methyl sites for hydroxylation is 1. The summed E-state index contributed by atoms with van der Waals surface area (Å²) in [7, 11) is 2.97. The summed E-state index contributed by atoms with van der Waals surface area (Å²) in [5.41, 5.74) is -0.505. The van der Waals surface area contributed by atoms with Gasteiger partial charge >= 0.3 is 47.4 Å². The average molecular weight is 484 g/mol. The Morgan fingerprint density at radius 3 is 2.38 bits per heavy atom. The van der Waals surface area contributed by atoms with Crippen LogP contribution in [0.4, 0.5) is 14.6 Å². The molecule has 34 heavy (non-hydrogen) atoms. The van der Waals surface area contributed by atoms with Crippen LogP contribution >= 0.6 is 0 Å². The number of halogens is 2. The van der Waals surface area contributed by atoms with Crippen molar-refractivity contribution in [1.82, 2.24) is 24.1 Å². The Labute approximate surface area is 216 Å². The summed E-state index contributed by atoms with van der Waals surface area (Å²) < 4.78 is 34.2. The predicted molar refractivity (Wildman–Crippen MR) is 115 cm³/mol. The standard InChI is InChI=1S/C16H20N4O3.C5H3F2N2O.Na/c1-19-10-13(23-2)15(21)20(16(19)22)12-7-8-14(17-9-12)18-11-5-3-4-6-11;6-5(7)10-4-1-8-3-9-2-4;/h7-11H,3-6H2,1-2H3,(H,17,18);1-2,5H;/q;-1;+1. The average Bonchev–Trinajstić information content (AvgIpc) is 3.31. The minimum absolute atomic E-state index is 0. The fourth-order valence-electron chi connectivity index (χ4n) is 3.31. The van der Waals surface area contributed by atoms with E-state index in [1.807, 2.05) is 0 Å². The molecule has 1 N–H and O–H groups in total. The Balaban J connectivity index is 0.000000314. The van der Waals surface area contributed by atoms with Crippen LogP contribution in [0.25, 0.3) is 5.69 Å². The van der Waals surface area contributed by atoms with Crippen molar-refractivity contribution in [3.05, 3.63) is 64.1 Å². The molecule has 0 radical (unpaired) electrons. The minimum Gasteiger partial charge on any atom is -0.490 e. The Hall–Kier alpha value is -2.83. The van der Waals surface area contributed by atoms with E-state index in [0.29, 0.717) is 11.7 Å². The molecular weight excluding hydrogens is 461 g/mol. The van der Waals surface area contributed by atoms with Gasteiger partial charge in [0, 0.05) is 19.4 Å². The zero-order valence-electron chi connectivity index (χ0n) is 19.1. The summed E-state index contributed by atoms with van der Waals surface area (Å²) >= 11 is 0. The first kappa shape index (κ1) is 27.4. The summed E-state index contributed by atoms with van der Waals surface area (Å²) in [6.45, 7) is -2.83. The molecule has 0 saturated heterocycles. The van der Waals surface area contributed by atoms with Crippen LogP contribution in [0.15, 0.2) is 46.5 Å². The quantitative estimate of drug-likeness (QED) is 0.357. The molecule has 1 fully saturated rings. The van der Waals surface area contributed by atoms with Crippen LogP contribution in [0.2, 0.25) is 0 Å². The van der Waals surface area contributed by atoms with Gasteiger partial charge in [-0.3, -0.25) is 9.36 Å². The maximum Gasteiger partial charge on any atom is 1.00 e. The number of hydrogen-bond acceptors (Lipinski definition) is 8. The van der Waals surface area contributed by atoms with Gasteiger partial charge in [-0.1, -0.05) is 12.8 Å². The minimum atomic E-state index is -2.83. The largest absolute Gasteiger partial charge is 1.00 e. The van der Waals surface area contributed by atoms with Crippen LogP contribution in [-0.2, 0) is 7.05 Å². The second-order valence-corrected chi connectivity index (χ2v) is 7.16. The first-order valence-corrected chi connectivity index (χ1v) is 10.1. The van der Waals surface area contributed by atoms with E-state index in [4.69, 9.17) is 4.74 Å². The second kappa shape index (κ2) is 13.2. The van der Waals surface area contributed by atoms with E-state index < -0.39 is 17.9 Å². The third-order valence-corrected chi connectivity index (χ3v) is 4.88. The van der Waals surface area contributed by atoms with Gasteiger partial charge in [-0.05, 0) is 37.4 Å². The van der Waals surface area contributed by atoms with Gasteiger partial charge in [0.1, 0.15) is 5.82 Å². The summed E-state index contributed by atoms with van der Waals surface area (Å²) in [6.07, 6.45) is 12.1. The van der Waals surface area contributed by atoms with E-state index in [1.54, 1.807) is 19.2 Å². The summed E-state index contributed by atoms with van der Waals surface area (Å²) in [6, 6.07) is 3.96. The number of alkyl halides is 2. The summed E-state index contributed by atoms with van der Waals surface area (Å²) in [5, 5.41) is 3.38. The Morgan fingerprint density at radius 1 is 1.15 bits per heavy atom. The van der Waals surface area contributed by atoms with E-state index in [-0.39, 0.29) is 41.1 Å². The monoisotopic (exact) mass is 484 g/mol. The summed E-state index contributed by atoms with van der Waals surface area (Å²) in [4.78, 5) is 35.6. The van der Waals surface area contributed by atoms with E-state index >= 15 is 0 Å². The molecule has 1 aliphatic carbocycles. The van der Waals surface area contributed by atoms with Crippen LogP contribution in [0.5, 0.6) is 11.5 Å². The fraction of sp³-hybridized carbons (Fsp3) is 0.381. The molecule has 1 aliphatic rings. The molecule has 0 aliphatic heterocycles. The third kappa shape index (κ3) is 7.34. The van der Waals surface area contributed by atoms with Gasteiger partial charge in [0.2, 0.25) is 5.75 Å². The molecule has 10 nitrogen and oxygen atoms in total. The molecule has 3 aromatic heterocycles. The van der Waals surface area contributed by atoms with Crippen molar-refractivity contribution in [2.75, 3.05) is 12.4 Å². The van der Waals surface area contributed by atoms with E-state index in [9.17, 15) is 18.4 Å². The van der Waals surface area contributed by atoms with Crippen LogP contribution in [0, 0.1) is 6.33 Å². The first-order chi connectivity index (χ1) is 15.9. The zero-order chi connectivity index (χ0) is 23.8.